The summed E-state index contributed by atoms with van der Waals surface area (Å²) in [6.45, 7) is 0.848. The first-order valence-electron chi connectivity index (χ1n) is 9.64. The number of hydrogen-bond acceptors (Lipinski definition) is 3. The van der Waals surface area contributed by atoms with Crippen LogP contribution in [0.25, 0.3) is 0 Å². The van der Waals surface area contributed by atoms with Crippen molar-refractivity contribution in [3.8, 4) is 0 Å². The first-order valence-corrected chi connectivity index (χ1v) is 10.4. The Morgan fingerprint density at radius 1 is 0.742 bits per heavy atom. The molecule has 0 unspecified atom stereocenters. The summed E-state index contributed by atoms with van der Waals surface area (Å²) in [5.74, 6) is -1.46. The van der Waals surface area contributed by atoms with E-state index in [-0.39, 0.29) is 15.7 Å². The van der Waals surface area contributed by atoms with E-state index in [1.54, 1.807) is 6.07 Å². The smallest absolute Gasteiger partial charge is 0.148 e. The van der Waals surface area contributed by atoms with Crippen LogP contribution in [-0.4, -0.2) is 25.5 Å². The van der Waals surface area contributed by atoms with Crippen molar-refractivity contribution in [1.82, 2.24) is 4.90 Å². The predicted octanol–water partition coefficient (Wildman–Crippen LogP) is 7.39. The number of nitrogens with zero attached hydrogens (tertiary/aromatic N) is 1. The maximum absolute atomic E-state index is 14.9. The van der Waals surface area contributed by atoms with E-state index >= 15 is 0 Å². The van der Waals surface area contributed by atoms with E-state index in [1.807, 2.05) is 14.1 Å². The predicted molar refractivity (Wildman–Crippen MR) is 123 cm³/mol. The minimum atomic E-state index is -0.530. The summed E-state index contributed by atoms with van der Waals surface area (Å²) in [5.41, 5.74) is 2.44. The highest BCUT2D eigenvalue weighted by molar-refractivity contribution is 6.33. The van der Waals surface area contributed by atoms with Crippen LogP contribution in [-0.2, 0) is 6.42 Å². The number of halogens is 5. The van der Waals surface area contributed by atoms with Gasteiger partial charge in [-0.3, -0.25) is 0 Å². The molecule has 0 aromatic heterocycles. The van der Waals surface area contributed by atoms with Gasteiger partial charge in [0.15, 0.2) is 0 Å². The van der Waals surface area contributed by atoms with E-state index in [2.05, 4.69) is 15.5 Å². The van der Waals surface area contributed by atoms with Gasteiger partial charge in [0.1, 0.15) is 17.5 Å². The van der Waals surface area contributed by atoms with Crippen molar-refractivity contribution in [2.24, 2.45) is 0 Å². The van der Waals surface area contributed by atoms with Crippen molar-refractivity contribution in [3.63, 3.8) is 0 Å². The van der Waals surface area contributed by atoms with Crippen molar-refractivity contribution in [1.29, 1.82) is 0 Å². The maximum Gasteiger partial charge on any atom is 0.148 e. The maximum atomic E-state index is 14.9. The monoisotopic (exact) mass is 467 g/mol. The lowest BCUT2D eigenvalue weighted by Gasteiger charge is -2.18. The van der Waals surface area contributed by atoms with E-state index in [4.69, 9.17) is 23.2 Å². The van der Waals surface area contributed by atoms with Crippen LogP contribution in [0.3, 0.4) is 0 Å². The molecule has 0 atom stereocenters. The molecule has 0 fully saturated rings. The quantitative estimate of drug-likeness (QED) is 0.361. The molecule has 0 aliphatic rings. The first-order chi connectivity index (χ1) is 14.7. The Morgan fingerprint density at radius 2 is 1.29 bits per heavy atom. The number of benzene rings is 3. The van der Waals surface area contributed by atoms with Gasteiger partial charge in [-0.2, -0.15) is 0 Å². The SMILES string of the molecule is CN(C)CCCc1cc(Nc2ccc(F)cc2Cl)c(F)cc1Nc1ccc(F)cc1Cl. The van der Waals surface area contributed by atoms with E-state index in [0.717, 1.165) is 24.6 Å². The molecule has 3 nitrogen and oxygen atoms in total. The molecule has 0 amide bonds. The molecule has 2 N–H and O–H groups in total. The van der Waals surface area contributed by atoms with E-state index in [9.17, 15) is 13.2 Å². The third-order valence-corrected chi connectivity index (χ3v) is 5.27. The second kappa shape index (κ2) is 10.3. The Bertz CT molecular complexity index is 1070. The van der Waals surface area contributed by atoms with Gasteiger partial charge in [-0.1, -0.05) is 23.2 Å². The van der Waals surface area contributed by atoms with Gasteiger partial charge in [0.05, 0.1) is 27.1 Å². The molecule has 8 heteroatoms. The molecule has 31 heavy (non-hydrogen) atoms. The third-order valence-electron chi connectivity index (χ3n) is 4.65. The fourth-order valence-electron chi connectivity index (χ4n) is 3.09. The average Bonchev–Trinajstić information content (AvgIpc) is 2.68. The van der Waals surface area contributed by atoms with Crippen LogP contribution >= 0.6 is 23.2 Å². The fraction of sp³-hybridized carbons (Fsp3) is 0.217. The molecular weight excluding hydrogens is 446 g/mol. The van der Waals surface area contributed by atoms with Crippen LogP contribution in [0.1, 0.15) is 12.0 Å². The van der Waals surface area contributed by atoms with Gasteiger partial charge in [0, 0.05) is 5.69 Å². The third kappa shape index (κ3) is 6.29. The minimum Gasteiger partial charge on any atom is -0.354 e. The van der Waals surface area contributed by atoms with Crippen molar-refractivity contribution in [2.45, 2.75) is 12.8 Å². The molecule has 0 saturated heterocycles. The largest absolute Gasteiger partial charge is 0.354 e. The summed E-state index contributed by atoms with van der Waals surface area (Å²) in [6, 6.07) is 10.9. The molecule has 0 radical (unpaired) electrons. The fourth-order valence-corrected chi connectivity index (χ4v) is 3.52. The Morgan fingerprint density at radius 3 is 1.81 bits per heavy atom. The summed E-state index contributed by atoms with van der Waals surface area (Å²) >= 11 is 12.2. The molecule has 0 bridgehead atoms. The molecule has 0 spiro atoms. The first kappa shape index (κ1) is 23.3. The number of nitrogens with one attached hydrogen (secondary N) is 2. The molecule has 3 aromatic carbocycles. The van der Waals surface area contributed by atoms with Crippen molar-refractivity contribution in [3.05, 3.63) is 81.6 Å². The van der Waals surface area contributed by atoms with E-state index < -0.39 is 17.5 Å². The van der Waals surface area contributed by atoms with Crippen LogP contribution in [0.4, 0.5) is 35.9 Å². The summed E-state index contributed by atoms with van der Waals surface area (Å²) in [7, 11) is 3.96. The standard InChI is InChI=1S/C23H22Cl2F3N3/c1-31(2)9-3-4-14-10-23(30-21-8-6-16(27)12-18(21)25)19(28)13-22(14)29-20-7-5-15(26)11-17(20)24/h5-8,10-13,29-30H,3-4,9H2,1-2H3. The van der Waals surface area contributed by atoms with Gasteiger partial charge in [0.2, 0.25) is 0 Å². The van der Waals surface area contributed by atoms with Gasteiger partial charge in [-0.05, 0) is 87.6 Å². The normalized spacial score (nSPS) is 11.1. The van der Waals surface area contributed by atoms with Crippen LogP contribution in [0.2, 0.25) is 10.0 Å². The Balaban J connectivity index is 1.94. The summed E-state index contributed by atoms with van der Waals surface area (Å²) < 4.78 is 41.6. The Hall–Kier alpha value is -2.41. The topological polar surface area (TPSA) is 27.3 Å². The number of anilines is 4. The Labute approximate surface area is 189 Å². The van der Waals surface area contributed by atoms with E-state index in [0.29, 0.717) is 23.5 Å². The van der Waals surface area contributed by atoms with Crippen molar-refractivity contribution >= 4 is 46.0 Å². The molecule has 164 valence electrons. The van der Waals surface area contributed by atoms with Crippen LogP contribution < -0.4 is 10.6 Å². The van der Waals surface area contributed by atoms with E-state index in [1.165, 1.54) is 36.4 Å². The zero-order chi connectivity index (χ0) is 22.5. The van der Waals surface area contributed by atoms with Crippen LogP contribution in [0.15, 0.2) is 48.5 Å². The van der Waals surface area contributed by atoms with Gasteiger partial charge < -0.3 is 15.5 Å². The molecule has 0 aliphatic heterocycles. The second-order valence-electron chi connectivity index (χ2n) is 7.39. The van der Waals surface area contributed by atoms with Gasteiger partial charge in [-0.15, -0.1) is 0 Å². The van der Waals surface area contributed by atoms with Gasteiger partial charge in [-0.25, -0.2) is 13.2 Å². The number of hydrogen-bond donors (Lipinski definition) is 2. The summed E-state index contributed by atoms with van der Waals surface area (Å²) in [6.07, 6.45) is 1.49. The lowest BCUT2D eigenvalue weighted by atomic mass is 10.0. The highest BCUT2D eigenvalue weighted by Crippen LogP contribution is 2.34. The van der Waals surface area contributed by atoms with Crippen molar-refractivity contribution < 1.29 is 13.2 Å². The average molecular weight is 468 g/mol. The van der Waals surface area contributed by atoms with Gasteiger partial charge in [0.25, 0.3) is 0 Å². The van der Waals surface area contributed by atoms with Crippen molar-refractivity contribution in [2.75, 3.05) is 31.3 Å². The lowest BCUT2D eigenvalue weighted by molar-refractivity contribution is 0.400. The molecule has 0 saturated carbocycles. The summed E-state index contributed by atoms with van der Waals surface area (Å²) in [5, 5.41) is 6.37. The molecule has 0 aliphatic carbocycles. The minimum absolute atomic E-state index is 0.147. The zero-order valence-corrected chi connectivity index (χ0v) is 18.6. The highest BCUT2D eigenvalue weighted by atomic mass is 35.5. The zero-order valence-electron chi connectivity index (χ0n) is 17.1. The molecule has 3 aromatic rings. The lowest BCUT2D eigenvalue weighted by Crippen LogP contribution is -2.14. The highest BCUT2D eigenvalue weighted by Gasteiger charge is 2.14. The molecule has 0 heterocycles. The molecular formula is C23H22Cl2F3N3. The second-order valence-corrected chi connectivity index (χ2v) is 8.21. The number of rotatable bonds is 8. The van der Waals surface area contributed by atoms with Gasteiger partial charge >= 0.3 is 0 Å². The van der Waals surface area contributed by atoms with Crippen LogP contribution in [0.5, 0.6) is 0 Å². The summed E-state index contributed by atoms with van der Waals surface area (Å²) in [4.78, 5) is 2.06. The number of aryl methyl sites for hydroxylation is 1. The Kier molecular flexibility index (Phi) is 7.70. The molecule has 3 rings (SSSR count). The van der Waals surface area contributed by atoms with Crippen LogP contribution in [0, 0.1) is 17.5 Å².